The Kier molecular flexibility index (Phi) is 7.58. The third kappa shape index (κ3) is 5.62. The molecule has 7 heteroatoms. The number of nitriles is 1. The Hall–Kier alpha value is -2.72. The highest BCUT2D eigenvalue weighted by Gasteiger charge is 2.31. The number of carbonyl (C=O) groups is 1. The first-order chi connectivity index (χ1) is 15.3. The van der Waals surface area contributed by atoms with Gasteiger partial charge in [0, 0.05) is 41.3 Å². The van der Waals surface area contributed by atoms with E-state index in [4.69, 9.17) is 20.4 Å². The van der Waals surface area contributed by atoms with E-state index in [-0.39, 0.29) is 34.7 Å². The van der Waals surface area contributed by atoms with Crippen LogP contribution in [-0.4, -0.2) is 34.7 Å². The smallest absolute Gasteiger partial charge is 0.182 e. The highest BCUT2D eigenvalue weighted by Crippen LogP contribution is 2.40. The normalized spacial score (nSPS) is 15.0. The first kappa shape index (κ1) is 24.9. The van der Waals surface area contributed by atoms with E-state index >= 15 is 0 Å². The molecule has 0 amide bonds. The second-order valence-electron chi connectivity index (χ2n) is 9.72. The number of Topliss-reactive ketones (excluding diaryl/α,β-unsaturated/α-hetero) is 1. The summed E-state index contributed by atoms with van der Waals surface area (Å²) in [6.45, 7) is 7.45. The van der Waals surface area contributed by atoms with E-state index in [0.29, 0.717) is 43.3 Å². The first-order valence-electron chi connectivity index (χ1n) is 11.3. The van der Waals surface area contributed by atoms with Gasteiger partial charge >= 0.3 is 0 Å². The molecule has 2 aliphatic rings. The maximum Gasteiger partial charge on any atom is 0.182 e. The number of unbranched alkanes of at least 4 members (excludes halogenated alkanes) is 1. The Morgan fingerprint density at radius 1 is 1.27 bits per heavy atom. The third-order valence-electron chi connectivity index (χ3n) is 6.03. The molecule has 1 aromatic heterocycles. The summed E-state index contributed by atoms with van der Waals surface area (Å²) in [6.07, 6.45) is 3.49. The topological polar surface area (TPSA) is 90.1 Å². The largest absolute Gasteiger partial charge is 0.493 e. The predicted octanol–water partition coefficient (Wildman–Crippen LogP) is 5.54. The number of amidine groups is 1. The van der Waals surface area contributed by atoms with Crippen LogP contribution in [0.1, 0.15) is 85.2 Å². The van der Waals surface area contributed by atoms with E-state index in [1.165, 1.54) is 12.8 Å². The Morgan fingerprint density at radius 2 is 2.03 bits per heavy atom. The number of hydrogen-bond donors (Lipinski definition) is 1. The number of rotatable bonds is 8. The lowest BCUT2D eigenvalue weighted by molar-refractivity contribution is 0.0962. The van der Waals surface area contributed by atoms with Gasteiger partial charge in [-0.1, -0.05) is 26.8 Å². The van der Waals surface area contributed by atoms with Crippen LogP contribution in [0.3, 0.4) is 0 Å². The Balaban J connectivity index is 0.00000306. The molecule has 1 fully saturated rings. The van der Waals surface area contributed by atoms with Gasteiger partial charge in [-0.05, 0) is 48.9 Å². The van der Waals surface area contributed by atoms with Crippen LogP contribution in [0.5, 0.6) is 5.75 Å². The van der Waals surface area contributed by atoms with Crippen LogP contribution < -0.4 is 4.74 Å². The SMILES string of the molecule is Br.CC(C)(C)c1cc(C(=O)CN2Cc3ccc(C4CC4)nc3C2=N)ccc1OCCCC#N. The molecule has 0 spiro atoms. The molecule has 0 atom stereocenters. The van der Waals surface area contributed by atoms with Crippen molar-refractivity contribution in [2.24, 2.45) is 0 Å². The lowest BCUT2D eigenvalue weighted by Crippen LogP contribution is -2.30. The van der Waals surface area contributed by atoms with Crippen molar-refractivity contribution in [1.29, 1.82) is 10.7 Å². The molecule has 33 heavy (non-hydrogen) atoms. The van der Waals surface area contributed by atoms with Crippen LogP contribution in [0.2, 0.25) is 0 Å². The van der Waals surface area contributed by atoms with Crippen LogP contribution in [0.4, 0.5) is 0 Å². The Bertz CT molecular complexity index is 1100. The van der Waals surface area contributed by atoms with E-state index in [2.05, 4.69) is 39.0 Å². The van der Waals surface area contributed by atoms with Gasteiger partial charge in [0.05, 0.1) is 19.2 Å². The van der Waals surface area contributed by atoms with E-state index in [1.807, 2.05) is 12.1 Å². The highest BCUT2D eigenvalue weighted by atomic mass is 79.9. The fourth-order valence-corrected chi connectivity index (χ4v) is 4.02. The van der Waals surface area contributed by atoms with E-state index < -0.39 is 0 Å². The van der Waals surface area contributed by atoms with Gasteiger partial charge in [-0.25, -0.2) is 4.98 Å². The molecule has 0 radical (unpaired) electrons. The summed E-state index contributed by atoms with van der Waals surface area (Å²) in [5, 5.41) is 17.3. The zero-order chi connectivity index (χ0) is 22.9. The summed E-state index contributed by atoms with van der Waals surface area (Å²) in [5.41, 5.74) is 4.20. The summed E-state index contributed by atoms with van der Waals surface area (Å²) in [7, 11) is 0. The molecule has 0 bridgehead atoms. The van der Waals surface area contributed by atoms with Gasteiger partial charge in [-0.2, -0.15) is 5.26 Å². The average molecular weight is 511 g/mol. The fourth-order valence-electron chi connectivity index (χ4n) is 4.02. The minimum absolute atomic E-state index is 0. The minimum Gasteiger partial charge on any atom is -0.493 e. The number of carbonyl (C=O) groups excluding carboxylic acids is 1. The maximum absolute atomic E-state index is 13.1. The van der Waals surface area contributed by atoms with Crippen molar-refractivity contribution < 1.29 is 9.53 Å². The summed E-state index contributed by atoms with van der Waals surface area (Å²) in [5.74, 6) is 1.61. The second-order valence-corrected chi connectivity index (χ2v) is 9.72. The summed E-state index contributed by atoms with van der Waals surface area (Å²) in [6, 6.07) is 11.8. The lowest BCUT2D eigenvalue weighted by Gasteiger charge is -2.24. The molecule has 1 aliphatic heterocycles. The molecule has 1 aliphatic carbocycles. The molecule has 0 saturated heterocycles. The van der Waals surface area contributed by atoms with Crippen LogP contribution in [-0.2, 0) is 12.0 Å². The predicted molar refractivity (Wildman–Crippen MR) is 134 cm³/mol. The van der Waals surface area contributed by atoms with Gasteiger partial charge in [0.25, 0.3) is 0 Å². The van der Waals surface area contributed by atoms with Gasteiger partial charge in [-0.3, -0.25) is 10.2 Å². The second kappa shape index (κ2) is 10.0. The van der Waals surface area contributed by atoms with Gasteiger partial charge in [-0.15, -0.1) is 17.0 Å². The van der Waals surface area contributed by atoms with Crippen LogP contribution in [0.15, 0.2) is 30.3 Å². The van der Waals surface area contributed by atoms with E-state index in [0.717, 1.165) is 28.3 Å². The lowest BCUT2D eigenvalue weighted by atomic mass is 9.85. The van der Waals surface area contributed by atoms with Gasteiger partial charge in [0.2, 0.25) is 0 Å². The number of nitrogens with one attached hydrogen (secondary N) is 1. The van der Waals surface area contributed by atoms with Crippen molar-refractivity contribution >= 4 is 28.6 Å². The van der Waals surface area contributed by atoms with Crippen LogP contribution >= 0.6 is 17.0 Å². The Morgan fingerprint density at radius 3 is 2.70 bits per heavy atom. The quantitative estimate of drug-likeness (QED) is 0.371. The molecular weight excluding hydrogens is 480 g/mol. The van der Waals surface area contributed by atoms with Crippen LogP contribution in [0, 0.1) is 16.7 Å². The van der Waals surface area contributed by atoms with Gasteiger partial charge < -0.3 is 9.64 Å². The third-order valence-corrected chi connectivity index (χ3v) is 6.03. The van der Waals surface area contributed by atoms with Crippen molar-refractivity contribution in [2.45, 2.75) is 64.3 Å². The Labute approximate surface area is 206 Å². The molecular formula is C26H31BrN4O2. The van der Waals surface area contributed by atoms with E-state index in [1.54, 1.807) is 11.0 Å². The van der Waals surface area contributed by atoms with Gasteiger partial charge in [0.1, 0.15) is 17.3 Å². The zero-order valence-corrected chi connectivity index (χ0v) is 21.2. The molecule has 2 heterocycles. The molecule has 1 saturated carbocycles. The monoisotopic (exact) mass is 510 g/mol. The number of ether oxygens (including phenoxy) is 1. The highest BCUT2D eigenvalue weighted by molar-refractivity contribution is 8.93. The van der Waals surface area contributed by atoms with E-state index in [9.17, 15) is 4.79 Å². The molecule has 2 aromatic rings. The molecule has 1 aromatic carbocycles. The maximum atomic E-state index is 13.1. The summed E-state index contributed by atoms with van der Waals surface area (Å²) in [4.78, 5) is 19.7. The van der Waals surface area contributed by atoms with Gasteiger partial charge in [0.15, 0.2) is 5.78 Å². The standard InChI is InChI=1S/C26H30N4O2.BrH/c1-26(2,3)20-14-18(9-11-23(20)32-13-5-4-12-27)22(31)16-30-15-19-8-10-21(17-6-7-17)29-24(19)25(30)28;/h8-11,14,17,28H,4-7,13,15-16H2,1-3H3;1H. The average Bonchev–Trinajstić information content (AvgIpc) is 3.56. The summed E-state index contributed by atoms with van der Waals surface area (Å²) < 4.78 is 5.91. The zero-order valence-electron chi connectivity index (χ0n) is 19.5. The van der Waals surface area contributed by atoms with Crippen molar-refractivity contribution in [1.82, 2.24) is 9.88 Å². The van der Waals surface area contributed by atoms with Crippen molar-refractivity contribution in [3.63, 3.8) is 0 Å². The molecule has 4 rings (SSSR count). The molecule has 174 valence electrons. The number of benzene rings is 1. The molecule has 1 N–H and O–H groups in total. The number of pyridine rings is 1. The number of halogens is 1. The van der Waals surface area contributed by atoms with Crippen molar-refractivity contribution in [3.05, 3.63) is 58.4 Å². The fraction of sp³-hybridized carbons (Fsp3) is 0.462. The molecule has 6 nitrogen and oxygen atoms in total. The van der Waals surface area contributed by atoms with Crippen molar-refractivity contribution in [3.8, 4) is 11.8 Å². The minimum atomic E-state index is -0.194. The van der Waals surface area contributed by atoms with Crippen molar-refractivity contribution in [2.75, 3.05) is 13.2 Å². The number of nitrogens with zero attached hydrogens (tertiary/aromatic N) is 3. The number of hydrogen-bond acceptors (Lipinski definition) is 5. The number of aromatic nitrogens is 1. The first-order valence-corrected chi connectivity index (χ1v) is 11.3. The number of ketones is 1. The molecule has 0 unspecified atom stereocenters. The van der Waals surface area contributed by atoms with Crippen LogP contribution in [0.25, 0.3) is 0 Å². The number of fused-ring (bicyclic) bond motifs is 1. The summed E-state index contributed by atoms with van der Waals surface area (Å²) >= 11 is 0.